The molecule has 0 atom stereocenters. The van der Waals surface area contributed by atoms with Crippen molar-refractivity contribution in [1.82, 2.24) is 14.7 Å². The Balaban J connectivity index is 1.78. The predicted octanol–water partition coefficient (Wildman–Crippen LogP) is 0.104. The third-order valence-electron chi connectivity index (χ3n) is 2.76. The fourth-order valence-electron chi connectivity index (χ4n) is 1.85. The molecule has 0 aromatic carbocycles. The Bertz CT molecular complexity index is 363. The van der Waals surface area contributed by atoms with Crippen LogP contribution in [0.5, 0.6) is 5.88 Å². The molecular weight excluding hydrogens is 236 g/mol. The van der Waals surface area contributed by atoms with Crippen molar-refractivity contribution in [3.8, 4) is 5.88 Å². The molecule has 1 aromatic heterocycles. The highest BCUT2D eigenvalue weighted by atomic mass is 16.6. The van der Waals surface area contributed by atoms with Crippen LogP contribution < -0.4 is 10.2 Å². The summed E-state index contributed by atoms with van der Waals surface area (Å²) >= 11 is 0. The summed E-state index contributed by atoms with van der Waals surface area (Å²) in [7, 11) is 3.40. The SMILES string of the molecule is CONc1cn(C)nc1OCCN1CCOCC1. The van der Waals surface area contributed by atoms with Gasteiger partial charge >= 0.3 is 0 Å². The number of ether oxygens (including phenoxy) is 2. The van der Waals surface area contributed by atoms with E-state index in [1.165, 1.54) is 0 Å². The molecule has 0 radical (unpaired) electrons. The quantitative estimate of drug-likeness (QED) is 0.729. The predicted molar refractivity (Wildman–Crippen MR) is 66.6 cm³/mol. The van der Waals surface area contributed by atoms with Crippen molar-refractivity contribution in [3.05, 3.63) is 6.20 Å². The normalized spacial score (nSPS) is 16.8. The van der Waals surface area contributed by atoms with E-state index in [0.717, 1.165) is 38.5 Å². The summed E-state index contributed by atoms with van der Waals surface area (Å²) in [5.74, 6) is 0.563. The average Bonchev–Trinajstić information content (AvgIpc) is 2.72. The van der Waals surface area contributed by atoms with Crippen molar-refractivity contribution < 1.29 is 14.3 Å². The van der Waals surface area contributed by atoms with Gasteiger partial charge in [-0.15, -0.1) is 5.10 Å². The lowest BCUT2D eigenvalue weighted by molar-refractivity contribution is 0.0320. The van der Waals surface area contributed by atoms with E-state index in [9.17, 15) is 0 Å². The van der Waals surface area contributed by atoms with Gasteiger partial charge in [-0.3, -0.25) is 19.9 Å². The number of hydrogen-bond acceptors (Lipinski definition) is 6. The second-order valence-electron chi connectivity index (χ2n) is 4.13. The Labute approximate surface area is 107 Å². The van der Waals surface area contributed by atoms with Crippen LogP contribution in [0.2, 0.25) is 0 Å². The number of hydrogen-bond donors (Lipinski definition) is 1. The van der Waals surface area contributed by atoms with Crippen LogP contribution in [0.3, 0.4) is 0 Å². The van der Waals surface area contributed by atoms with E-state index in [1.54, 1.807) is 11.8 Å². The first-order chi connectivity index (χ1) is 8.79. The van der Waals surface area contributed by atoms with Crippen molar-refractivity contribution in [2.45, 2.75) is 0 Å². The highest BCUT2D eigenvalue weighted by Crippen LogP contribution is 2.21. The Kier molecular flexibility index (Phi) is 4.80. The zero-order valence-corrected chi connectivity index (χ0v) is 10.9. The van der Waals surface area contributed by atoms with Gasteiger partial charge in [0.05, 0.1) is 26.5 Å². The van der Waals surface area contributed by atoms with Crippen LogP contribution in [0.4, 0.5) is 5.69 Å². The van der Waals surface area contributed by atoms with Crippen LogP contribution in [0.15, 0.2) is 6.20 Å². The minimum absolute atomic E-state index is 0.563. The van der Waals surface area contributed by atoms with Gasteiger partial charge in [-0.2, -0.15) is 0 Å². The van der Waals surface area contributed by atoms with Gasteiger partial charge in [0.1, 0.15) is 12.3 Å². The van der Waals surface area contributed by atoms with E-state index in [0.29, 0.717) is 12.5 Å². The van der Waals surface area contributed by atoms with E-state index in [2.05, 4.69) is 15.5 Å². The molecule has 0 bridgehead atoms. The van der Waals surface area contributed by atoms with Gasteiger partial charge in [-0.05, 0) is 0 Å². The molecule has 0 amide bonds. The number of aryl methyl sites for hydroxylation is 1. The van der Waals surface area contributed by atoms with E-state index >= 15 is 0 Å². The molecular formula is C11H20N4O3. The summed E-state index contributed by atoms with van der Waals surface area (Å²) in [6.45, 7) is 5.03. The van der Waals surface area contributed by atoms with Crippen LogP contribution in [-0.4, -0.2) is 61.2 Å². The molecule has 18 heavy (non-hydrogen) atoms. The molecule has 102 valence electrons. The largest absolute Gasteiger partial charge is 0.474 e. The molecule has 1 saturated heterocycles. The summed E-state index contributed by atoms with van der Waals surface area (Å²) in [6.07, 6.45) is 1.81. The standard InChI is InChI=1S/C11H20N4O3/c1-14-9-10(13-16-2)11(12-14)18-8-5-15-3-6-17-7-4-15/h9,13H,3-8H2,1-2H3. The smallest absolute Gasteiger partial charge is 0.258 e. The van der Waals surface area contributed by atoms with Gasteiger partial charge in [0.25, 0.3) is 5.88 Å². The molecule has 1 aliphatic heterocycles. The molecule has 2 heterocycles. The lowest BCUT2D eigenvalue weighted by atomic mass is 10.4. The molecule has 7 heteroatoms. The molecule has 0 spiro atoms. The van der Waals surface area contributed by atoms with Crippen molar-refractivity contribution in [2.75, 3.05) is 52.0 Å². The van der Waals surface area contributed by atoms with Gasteiger partial charge in [-0.1, -0.05) is 0 Å². The lowest BCUT2D eigenvalue weighted by Crippen LogP contribution is -2.38. The summed E-state index contributed by atoms with van der Waals surface area (Å²) in [4.78, 5) is 7.18. The summed E-state index contributed by atoms with van der Waals surface area (Å²) in [5, 5.41) is 4.22. The first kappa shape index (κ1) is 13.1. The Morgan fingerprint density at radius 3 is 2.94 bits per heavy atom. The highest BCUT2D eigenvalue weighted by Gasteiger charge is 2.12. The fourth-order valence-corrected chi connectivity index (χ4v) is 1.85. The maximum Gasteiger partial charge on any atom is 0.258 e. The number of morpholine rings is 1. The van der Waals surface area contributed by atoms with Crippen LogP contribution in [-0.2, 0) is 16.6 Å². The van der Waals surface area contributed by atoms with E-state index in [4.69, 9.17) is 14.3 Å². The zero-order valence-electron chi connectivity index (χ0n) is 10.9. The number of nitrogens with zero attached hydrogens (tertiary/aromatic N) is 3. The van der Waals surface area contributed by atoms with Gasteiger partial charge in [0, 0.05) is 26.7 Å². The maximum atomic E-state index is 5.66. The number of anilines is 1. The summed E-state index contributed by atoms with van der Waals surface area (Å²) < 4.78 is 12.6. The summed E-state index contributed by atoms with van der Waals surface area (Å²) in [5.41, 5.74) is 3.48. The minimum Gasteiger partial charge on any atom is -0.474 e. The number of aromatic nitrogens is 2. The van der Waals surface area contributed by atoms with E-state index in [-0.39, 0.29) is 0 Å². The highest BCUT2D eigenvalue weighted by molar-refractivity contribution is 5.49. The average molecular weight is 256 g/mol. The lowest BCUT2D eigenvalue weighted by Gasteiger charge is -2.26. The van der Waals surface area contributed by atoms with E-state index in [1.807, 2.05) is 13.2 Å². The van der Waals surface area contributed by atoms with Crippen molar-refractivity contribution in [2.24, 2.45) is 7.05 Å². The van der Waals surface area contributed by atoms with Crippen LogP contribution in [0.25, 0.3) is 0 Å². The Hall–Kier alpha value is -1.31. The molecule has 1 N–H and O–H groups in total. The first-order valence-corrected chi connectivity index (χ1v) is 6.05. The van der Waals surface area contributed by atoms with Gasteiger partial charge < -0.3 is 9.47 Å². The Morgan fingerprint density at radius 2 is 2.22 bits per heavy atom. The maximum absolute atomic E-state index is 5.66. The molecule has 0 saturated carbocycles. The second-order valence-corrected chi connectivity index (χ2v) is 4.13. The summed E-state index contributed by atoms with van der Waals surface area (Å²) in [6, 6.07) is 0. The second kappa shape index (κ2) is 6.58. The number of rotatable bonds is 6. The molecule has 0 unspecified atom stereocenters. The van der Waals surface area contributed by atoms with Crippen LogP contribution in [0, 0.1) is 0 Å². The molecule has 1 fully saturated rings. The van der Waals surface area contributed by atoms with Gasteiger partial charge in [0.2, 0.25) is 0 Å². The van der Waals surface area contributed by atoms with Crippen LogP contribution in [0.1, 0.15) is 0 Å². The fraction of sp³-hybridized carbons (Fsp3) is 0.727. The number of nitrogens with one attached hydrogen (secondary N) is 1. The molecule has 0 aliphatic carbocycles. The topological polar surface area (TPSA) is 60.8 Å². The van der Waals surface area contributed by atoms with Crippen LogP contribution >= 0.6 is 0 Å². The first-order valence-electron chi connectivity index (χ1n) is 6.05. The molecule has 2 rings (SSSR count). The molecule has 1 aliphatic rings. The monoisotopic (exact) mass is 256 g/mol. The third-order valence-corrected chi connectivity index (χ3v) is 2.76. The Morgan fingerprint density at radius 1 is 1.44 bits per heavy atom. The minimum atomic E-state index is 0.563. The van der Waals surface area contributed by atoms with Gasteiger partial charge in [0.15, 0.2) is 0 Å². The third kappa shape index (κ3) is 3.59. The zero-order chi connectivity index (χ0) is 12.8. The van der Waals surface area contributed by atoms with Crippen molar-refractivity contribution in [1.29, 1.82) is 0 Å². The molecule has 1 aromatic rings. The van der Waals surface area contributed by atoms with E-state index < -0.39 is 0 Å². The molecule has 7 nitrogen and oxygen atoms in total. The van der Waals surface area contributed by atoms with Crippen molar-refractivity contribution in [3.63, 3.8) is 0 Å². The van der Waals surface area contributed by atoms with Gasteiger partial charge in [-0.25, -0.2) is 0 Å². The van der Waals surface area contributed by atoms with Crippen molar-refractivity contribution >= 4 is 5.69 Å².